The van der Waals surface area contributed by atoms with Gasteiger partial charge in [-0.2, -0.15) is 0 Å². The molecule has 1 aliphatic heterocycles. The van der Waals surface area contributed by atoms with Gasteiger partial charge in [0.05, 0.1) is 37.0 Å². The molecule has 36 heavy (non-hydrogen) atoms. The molecule has 0 unspecified atom stereocenters. The van der Waals surface area contributed by atoms with Crippen LogP contribution in [0.15, 0.2) is 29.3 Å². The van der Waals surface area contributed by atoms with Crippen molar-refractivity contribution in [2.75, 3.05) is 39.5 Å². The van der Waals surface area contributed by atoms with Gasteiger partial charge < -0.3 is 20.1 Å². The Morgan fingerprint density at radius 3 is 2.56 bits per heavy atom. The lowest BCUT2D eigenvalue weighted by Gasteiger charge is -2.09. The lowest BCUT2D eigenvalue weighted by atomic mass is 9.99. The van der Waals surface area contributed by atoms with Crippen LogP contribution in [0.1, 0.15) is 38.0 Å². The Morgan fingerprint density at radius 2 is 1.83 bits per heavy atom. The van der Waals surface area contributed by atoms with Crippen molar-refractivity contribution >= 4 is 41.0 Å². The molecular weight excluding hydrogens is 504 g/mol. The first-order valence-corrected chi connectivity index (χ1v) is 12.7. The number of benzene rings is 1. The van der Waals surface area contributed by atoms with Crippen molar-refractivity contribution in [3.05, 3.63) is 62.5 Å². The number of halogens is 1. The minimum atomic E-state index is -0.173. The molecule has 3 heterocycles. The van der Waals surface area contributed by atoms with E-state index in [4.69, 9.17) is 26.1 Å². The van der Waals surface area contributed by atoms with Gasteiger partial charge in [0.25, 0.3) is 5.91 Å². The number of thiophene rings is 1. The van der Waals surface area contributed by atoms with E-state index in [0.717, 1.165) is 39.1 Å². The summed E-state index contributed by atoms with van der Waals surface area (Å²) in [5, 5.41) is 15.5. The van der Waals surface area contributed by atoms with E-state index in [1.165, 1.54) is 11.3 Å². The highest BCUT2D eigenvalue weighted by Gasteiger charge is 2.29. The van der Waals surface area contributed by atoms with Gasteiger partial charge >= 0.3 is 0 Å². The largest absolute Gasteiger partial charge is 0.377 e. The van der Waals surface area contributed by atoms with Crippen molar-refractivity contribution in [2.45, 2.75) is 20.4 Å². The zero-order chi connectivity index (χ0) is 25.5. The molecule has 2 amide bonds. The zero-order valence-electron chi connectivity index (χ0n) is 20.0. The van der Waals surface area contributed by atoms with Crippen LogP contribution < -0.4 is 10.6 Å². The molecule has 0 saturated heterocycles. The Labute approximate surface area is 217 Å². The highest BCUT2D eigenvalue weighted by Crippen LogP contribution is 2.36. The predicted octanol–water partition coefficient (Wildman–Crippen LogP) is 2.46. The SMILES string of the molecule is Cc1c(C(=O)NCCOCCOCCNC=O)sc2c1C(c1ccc(Cl)cc1)=NCc1nnc(C)n1-2. The van der Waals surface area contributed by atoms with Crippen molar-refractivity contribution in [3.8, 4) is 5.00 Å². The van der Waals surface area contributed by atoms with Crippen LogP contribution >= 0.6 is 22.9 Å². The van der Waals surface area contributed by atoms with Crippen LogP contribution in [-0.2, 0) is 20.8 Å². The van der Waals surface area contributed by atoms with Gasteiger partial charge in [-0.05, 0) is 31.5 Å². The normalized spacial score (nSPS) is 12.4. The molecule has 0 atom stereocenters. The van der Waals surface area contributed by atoms with Crippen LogP contribution in [0.5, 0.6) is 0 Å². The molecule has 12 heteroatoms. The van der Waals surface area contributed by atoms with E-state index in [1.54, 1.807) is 0 Å². The lowest BCUT2D eigenvalue weighted by Crippen LogP contribution is -2.27. The number of hydrogen-bond donors (Lipinski definition) is 2. The number of hydrogen-bond acceptors (Lipinski definition) is 8. The van der Waals surface area contributed by atoms with Crippen molar-refractivity contribution in [2.24, 2.45) is 4.99 Å². The minimum absolute atomic E-state index is 0.173. The average Bonchev–Trinajstić information content (AvgIpc) is 3.35. The predicted molar refractivity (Wildman–Crippen MR) is 138 cm³/mol. The molecular formula is C24H27ClN6O4S. The van der Waals surface area contributed by atoms with Crippen molar-refractivity contribution < 1.29 is 19.1 Å². The number of rotatable bonds is 12. The number of ether oxygens (including phenoxy) is 2. The lowest BCUT2D eigenvalue weighted by molar-refractivity contribution is -0.109. The van der Waals surface area contributed by atoms with Crippen LogP contribution in [0.4, 0.5) is 0 Å². The minimum Gasteiger partial charge on any atom is -0.377 e. The van der Waals surface area contributed by atoms with Crippen molar-refractivity contribution in [1.29, 1.82) is 0 Å². The molecule has 0 spiro atoms. The summed E-state index contributed by atoms with van der Waals surface area (Å²) in [5.74, 6) is 1.29. The van der Waals surface area contributed by atoms with E-state index in [0.29, 0.717) is 62.4 Å². The Bertz CT molecular complexity index is 1250. The van der Waals surface area contributed by atoms with E-state index in [1.807, 2.05) is 42.7 Å². The maximum absolute atomic E-state index is 13.1. The Hall–Kier alpha value is -3.12. The number of aryl methyl sites for hydroxylation is 1. The molecule has 3 aromatic rings. The van der Waals surface area contributed by atoms with Crippen LogP contribution in [0, 0.1) is 13.8 Å². The third-order valence-electron chi connectivity index (χ3n) is 5.54. The number of nitrogens with zero attached hydrogens (tertiary/aromatic N) is 4. The number of amides is 2. The molecule has 0 saturated carbocycles. The van der Waals surface area contributed by atoms with E-state index < -0.39 is 0 Å². The molecule has 1 aliphatic rings. The summed E-state index contributed by atoms with van der Waals surface area (Å²) in [4.78, 5) is 28.7. The Morgan fingerprint density at radius 1 is 1.11 bits per heavy atom. The maximum atomic E-state index is 13.1. The Kier molecular flexibility index (Phi) is 8.81. The molecule has 0 bridgehead atoms. The number of carbonyl (C=O) groups excluding carboxylic acids is 2. The quantitative estimate of drug-likeness (QED) is 0.274. The fourth-order valence-electron chi connectivity index (χ4n) is 3.83. The maximum Gasteiger partial charge on any atom is 0.261 e. The van der Waals surface area contributed by atoms with Crippen molar-refractivity contribution in [3.63, 3.8) is 0 Å². The fraction of sp³-hybridized carbons (Fsp3) is 0.375. The van der Waals surface area contributed by atoms with E-state index >= 15 is 0 Å². The van der Waals surface area contributed by atoms with Gasteiger partial charge in [-0.25, -0.2) is 0 Å². The van der Waals surface area contributed by atoms with Gasteiger partial charge in [0.1, 0.15) is 17.4 Å². The number of aromatic nitrogens is 3. The highest BCUT2D eigenvalue weighted by atomic mass is 35.5. The van der Waals surface area contributed by atoms with Gasteiger partial charge in [-0.1, -0.05) is 23.7 Å². The third kappa shape index (κ3) is 5.81. The van der Waals surface area contributed by atoms with Crippen LogP contribution in [0.2, 0.25) is 5.02 Å². The van der Waals surface area contributed by atoms with Gasteiger partial charge in [0, 0.05) is 29.2 Å². The molecule has 4 rings (SSSR count). The third-order valence-corrected chi connectivity index (χ3v) is 7.07. The molecule has 0 fully saturated rings. The van der Waals surface area contributed by atoms with Gasteiger partial charge in [-0.15, -0.1) is 21.5 Å². The number of fused-ring (bicyclic) bond motifs is 3. The van der Waals surface area contributed by atoms with Crippen molar-refractivity contribution in [1.82, 2.24) is 25.4 Å². The topological polar surface area (TPSA) is 120 Å². The van der Waals surface area contributed by atoms with Gasteiger partial charge in [0.15, 0.2) is 5.82 Å². The summed E-state index contributed by atoms with van der Waals surface area (Å²) >= 11 is 7.51. The fourth-order valence-corrected chi connectivity index (χ4v) is 5.25. The second-order valence-corrected chi connectivity index (χ2v) is 9.40. The monoisotopic (exact) mass is 530 g/mol. The highest BCUT2D eigenvalue weighted by molar-refractivity contribution is 7.17. The van der Waals surface area contributed by atoms with Gasteiger partial charge in [-0.3, -0.25) is 19.1 Å². The smallest absolute Gasteiger partial charge is 0.261 e. The summed E-state index contributed by atoms with van der Waals surface area (Å²) < 4.78 is 12.8. The van der Waals surface area contributed by atoms with Gasteiger partial charge in [0.2, 0.25) is 6.41 Å². The summed E-state index contributed by atoms with van der Waals surface area (Å²) in [6.45, 7) is 6.64. The first-order valence-electron chi connectivity index (χ1n) is 11.5. The number of carbonyl (C=O) groups is 2. The molecule has 0 aliphatic carbocycles. The second-order valence-electron chi connectivity index (χ2n) is 7.96. The Balaban J connectivity index is 1.46. The standard InChI is InChI=1S/C24H27ClN6O4S/c1-15-20-21(17-3-5-18(25)6-4-17)28-13-19-30-29-16(2)31(19)24(20)36-22(15)23(33)27-8-10-35-12-11-34-9-7-26-14-32/h3-6,14H,7-13H2,1-2H3,(H,26,32)(H,27,33). The molecule has 10 nitrogen and oxygen atoms in total. The number of aliphatic imine (C=N–C) groups is 1. The van der Waals surface area contributed by atoms with Crippen LogP contribution in [0.25, 0.3) is 5.00 Å². The molecule has 190 valence electrons. The summed E-state index contributed by atoms with van der Waals surface area (Å²) in [7, 11) is 0. The van der Waals surface area contributed by atoms with E-state index in [9.17, 15) is 9.59 Å². The van der Waals surface area contributed by atoms with Crippen LogP contribution in [0.3, 0.4) is 0 Å². The molecule has 2 aromatic heterocycles. The van der Waals surface area contributed by atoms with Crippen LogP contribution in [-0.4, -0.2) is 72.3 Å². The molecule has 0 radical (unpaired) electrons. The summed E-state index contributed by atoms with van der Waals surface area (Å²) in [6.07, 6.45) is 0.632. The van der Waals surface area contributed by atoms with E-state index in [-0.39, 0.29) is 5.91 Å². The second kappa shape index (κ2) is 12.2. The summed E-state index contributed by atoms with van der Waals surface area (Å²) in [5.41, 5.74) is 3.46. The molecule has 1 aromatic carbocycles. The first-order chi connectivity index (χ1) is 17.5. The first kappa shape index (κ1) is 26.0. The van der Waals surface area contributed by atoms with E-state index in [2.05, 4.69) is 20.8 Å². The number of nitrogens with one attached hydrogen (secondary N) is 2. The molecule has 2 N–H and O–H groups in total. The zero-order valence-corrected chi connectivity index (χ0v) is 21.6. The summed E-state index contributed by atoms with van der Waals surface area (Å²) in [6, 6.07) is 7.53. The average molecular weight is 531 g/mol.